The molecule has 7 heterocycles. The average Bonchev–Trinajstić information content (AvgIpc) is 1.52. The summed E-state index contributed by atoms with van der Waals surface area (Å²) in [4.78, 5) is 23.1. The number of nitrogens with zero attached hydrogens (tertiary/aromatic N) is 7. The van der Waals surface area contributed by atoms with E-state index in [9.17, 15) is 0 Å². The third-order valence-corrected chi connectivity index (χ3v) is 46.7. The third kappa shape index (κ3) is 10.5. The zero-order valence-electron chi connectivity index (χ0n) is 67.1. The summed E-state index contributed by atoms with van der Waals surface area (Å²) >= 11 is -7.40. The van der Waals surface area contributed by atoms with Crippen LogP contribution in [0.3, 0.4) is 0 Å². The molecule has 0 saturated carbocycles. The molecule has 25 rings (SSSR count). The van der Waals surface area contributed by atoms with Gasteiger partial charge in [-0.15, -0.1) is 0 Å². The van der Waals surface area contributed by atoms with Gasteiger partial charge >= 0.3 is 632 Å². The molecule has 0 N–H and O–H groups in total. The molecule has 22 aromatic rings. The van der Waals surface area contributed by atoms with Gasteiger partial charge in [-0.25, -0.2) is 0 Å². The molecule has 5 aromatic heterocycles. The number of hydrogen-bond donors (Lipinski definition) is 0. The van der Waals surface area contributed by atoms with E-state index in [0.717, 1.165) is 78.9 Å². The van der Waals surface area contributed by atoms with Crippen molar-refractivity contribution in [1.29, 1.82) is 0 Å². The van der Waals surface area contributed by atoms with E-state index in [2.05, 4.69) is 458 Å². The van der Waals surface area contributed by atoms with E-state index in [1.165, 1.54) is 123 Å². The number of aromatic nitrogens is 7. The standard InChI is InChI=1S/C58H38GeN4.C55H39GeN3/c1-5-21-39(22-6-1)56-55-57(43-29-13-17-33-47(43)59(55,40-23-7-2-8-24-40)41-25-9-3-10-26-41)61-58(60-56)46-32-16-20-36-50(46)63-49-35-19-15-31-45(49)54-52(63)38-37-51-53(54)44-30-14-18-34-48(44)62(51)42-27-11-4-12-28-42;1-55(2)43-30-16-12-26-39(43)49-44(55)34-35-48-50(49)41-28-14-18-32-46(41)59(48)47-33-19-15-29-42(47)54-57-52(36-20-6-3-7-21-36)51-53(58-54)40-27-13-17-31-45(40)56(51,37-22-8-4-9-23-37)38-24-10-5-11-25-38/h1-38H;3-35H,1-2H3. The summed E-state index contributed by atoms with van der Waals surface area (Å²) in [6.45, 7) is 4.72. The van der Waals surface area contributed by atoms with Gasteiger partial charge in [0.25, 0.3) is 0 Å². The molecule has 17 aromatic carbocycles. The molecule has 0 fully saturated rings. The molecular weight excluding hydrogens is 1600 g/mol. The molecule has 2 aliphatic heterocycles. The fourth-order valence-corrected chi connectivity index (χ4v) is 43.3. The van der Waals surface area contributed by atoms with Crippen LogP contribution < -0.4 is 35.2 Å². The van der Waals surface area contributed by atoms with E-state index < -0.39 is 26.5 Å². The summed E-state index contributed by atoms with van der Waals surface area (Å²) < 4.78 is 18.2. The molecule has 122 heavy (non-hydrogen) atoms. The van der Waals surface area contributed by atoms with Crippen LogP contribution in [0.5, 0.6) is 0 Å². The minimum absolute atomic E-state index is 0.0944. The van der Waals surface area contributed by atoms with Gasteiger partial charge in [0.2, 0.25) is 0 Å². The maximum absolute atomic E-state index is 5.79. The first-order valence-corrected chi connectivity index (χ1v) is 50.5. The van der Waals surface area contributed by atoms with Gasteiger partial charge in [-0.3, -0.25) is 0 Å². The van der Waals surface area contributed by atoms with Crippen molar-refractivity contribution in [2.75, 3.05) is 0 Å². The van der Waals surface area contributed by atoms with Gasteiger partial charge in [0.05, 0.1) is 0 Å². The Morgan fingerprint density at radius 1 is 0.230 bits per heavy atom. The Balaban J connectivity index is 0.000000138. The zero-order chi connectivity index (χ0) is 80.8. The van der Waals surface area contributed by atoms with Crippen molar-refractivity contribution in [3.05, 3.63) is 442 Å². The van der Waals surface area contributed by atoms with Crippen molar-refractivity contribution < 1.29 is 0 Å². The molecule has 9 heteroatoms. The Morgan fingerprint density at radius 2 is 0.541 bits per heavy atom. The number of rotatable bonds is 11. The molecule has 0 amide bonds. The Morgan fingerprint density at radius 3 is 0.984 bits per heavy atom. The normalized spacial score (nSPS) is 13.5. The summed E-state index contributed by atoms with van der Waals surface area (Å²) in [5, 5.41) is 7.47. The molecule has 3 aliphatic rings. The predicted octanol–water partition coefficient (Wildman–Crippen LogP) is 21.9. The maximum atomic E-state index is 5.79. The third-order valence-electron chi connectivity index (χ3n) is 26.3. The molecule has 0 atom stereocenters. The fraction of sp³-hybridized carbons (Fsp3) is 0.0265. The van der Waals surface area contributed by atoms with E-state index in [1.807, 2.05) is 0 Å². The van der Waals surface area contributed by atoms with E-state index in [4.69, 9.17) is 19.9 Å². The SMILES string of the molecule is CC1(C)c2ccccc2-c2c1ccc1c2c2ccccc2n1-c1ccccc1-c1nc(-c2ccccc2)[c]2c(n1)-c1cccc[c]1[Ge]2([c]1ccccc1)[c]1ccccc1.c1ccc(-c2nc(-c3ccccc3-n3c4ccccc4c4c5c6ccccc6n(-c6ccccc6)c5ccc43)nc3[c]2[Ge]([c]2ccccc2)([c]2ccccc2)[c]2ccccc2-3)cc1. The van der Waals surface area contributed by atoms with Crippen LogP contribution >= 0.6 is 0 Å². The van der Waals surface area contributed by atoms with E-state index >= 15 is 0 Å². The van der Waals surface area contributed by atoms with Crippen LogP contribution in [0.4, 0.5) is 0 Å². The summed E-state index contributed by atoms with van der Waals surface area (Å²) in [5.41, 5.74) is 26.3. The Labute approximate surface area is 712 Å². The first kappa shape index (κ1) is 71.5. The average molecular weight is 1680 g/mol. The van der Waals surface area contributed by atoms with Crippen molar-refractivity contribution >= 4 is 127 Å². The van der Waals surface area contributed by atoms with E-state index in [0.29, 0.717) is 5.82 Å². The molecule has 7 nitrogen and oxygen atoms in total. The topological polar surface area (TPSA) is 66.3 Å². The van der Waals surface area contributed by atoms with Crippen molar-refractivity contribution in [2.24, 2.45) is 0 Å². The fourth-order valence-electron chi connectivity index (χ4n) is 21.3. The molecule has 0 radical (unpaired) electrons. The number of hydrogen-bond acceptors (Lipinski definition) is 4. The molecule has 0 saturated heterocycles. The number of para-hydroxylation sites is 6. The van der Waals surface area contributed by atoms with Crippen LogP contribution in [0, 0.1) is 0 Å². The van der Waals surface area contributed by atoms with Gasteiger partial charge in [-0.1, -0.05) is 62.4 Å². The second-order valence-corrected chi connectivity index (χ2v) is 48.4. The van der Waals surface area contributed by atoms with Gasteiger partial charge in [0.1, 0.15) is 0 Å². The Hall–Kier alpha value is -14.6. The first-order valence-electron chi connectivity index (χ1n) is 42.1. The van der Waals surface area contributed by atoms with E-state index in [-0.39, 0.29) is 5.41 Å². The number of benzene rings is 17. The molecule has 1 aliphatic carbocycles. The predicted molar refractivity (Wildman–Crippen MR) is 512 cm³/mol. The van der Waals surface area contributed by atoms with Crippen molar-refractivity contribution in [3.8, 4) is 96.0 Å². The van der Waals surface area contributed by atoms with Crippen molar-refractivity contribution in [1.82, 2.24) is 33.6 Å². The molecule has 572 valence electrons. The molecule has 0 bridgehead atoms. The summed E-state index contributed by atoms with van der Waals surface area (Å²) in [5.74, 6) is 1.44. The van der Waals surface area contributed by atoms with Gasteiger partial charge in [-0.2, -0.15) is 0 Å². The van der Waals surface area contributed by atoms with E-state index in [1.54, 1.807) is 0 Å². The summed E-state index contributed by atoms with van der Waals surface area (Å²) in [6.07, 6.45) is 0. The van der Waals surface area contributed by atoms with Crippen molar-refractivity contribution in [3.63, 3.8) is 0 Å². The van der Waals surface area contributed by atoms with Crippen LogP contribution in [0.15, 0.2) is 431 Å². The summed E-state index contributed by atoms with van der Waals surface area (Å²) in [6, 6.07) is 157. The molecular formula is C113H77Ge2N7. The van der Waals surface area contributed by atoms with Gasteiger partial charge in [0.15, 0.2) is 0 Å². The second-order valence-electron chi connectivity index (χ2n) is 32.9. The quantitative estimate of drug-likeness (QED) is 0.121. The monoisotopic (exact) mass is 1680 g/mol. The van der Waals surface area contributed by atoms with Crippen LogP contribution in [0.2, 0.25) is 0 Å². The molecule has 0 spiro atoms. The van der Waals surface area contributed by atoms with Crippen LogP contribution in [0.25, 0.3) is 161 Å². The molecule has 0 unspecified atom stereocenters. The van der Waals surface area contributed by atoms with Gasteiger partial charge in [-0.05, 0) is 18.2 Å². The Bertz CT molecular complexity index is 7880. The van der Waals surface area contributed by atoms with Crippen LogP contribution in [-0.4, -0.2) is 60.2 Å². The summed E-state index contributed by atoms with van der Waals surface area (Å²) in [7, 11) is 0. The second kappa shape index (κ2) is 28.3. The van der Waals surface area contributed by atoms with Crippen LogP contribution in [0.1, 0.15) is 25.0 Å². The van der Waals surface area contributed by atoms with Crippen molar-refractivity contribution in [2.45, 2.75) is 19.3 Å². The van der Waals surface area contributed by atoms with Gasteiger partial charge < -0.3 is 0 Å². The number of fused-ring (bicyclic) bond motifs is 20. The van der Waals surface area contributed by atoms with Gasteiger partial charge in [0, 0.05) is 5.69 Å². The minimum atomic E-state index is -3.71. The van der Waals surface area contributed by atoms with Crippen LogP contribution in [-0.2, 0) is 5.41 Å². The first-order chi connectivity index (χ1) is 60.4. The Kier molecular flexibility index (Phi) is 16.6. The zero-order valence-corrected chi connectivity index (χ0v) is 71.3.